The maximum Gasteiger partial charge on any atom is 0.133 e. The van der Waals surface area contributed by atoms with Crippen LogP contribution in [0.1, 0.15) is 24.5 Å². The molecule has 1 aliphatic carbocycles. The van der Waals surface area contributed by atoms with Crippen molar-refractivity contribution in [1.29, 1.82) is 0 Å². The molecule has 1 aromatic rings. The number of ether oxygens (including phenoxy) is 1. The lowest BCUT2D eigenvalue weighted by molar-refractivity contribution is 0.153. The summed E-state index contributed by atoms with van der Waals surface area (Å²) >= 11 is 3.39. The van der Waals surface area contributed by atoms with Crippen molar-refractivity contribution in [2.24, 2.45) is 5.92 Å². The van der Waals surface area contributed by atoms with Gasteiger partial charge in [0, 0.05) is 0 Å². The minimum absolute atomic E-state index is 0.322. The van der Waals surface area contributed by atoms with Crippen molar-refractivity contribution in [3.8, 4) is 5.75 Å². The van der Waals surface area contributed by atoms with Crippen LogP contribution < -0.4 is 4.74 Å². The van der Waals surface area contributed by atoms with Gasteiger partial charge in [0.1, 0.15) is 5.75 Å². The molecular formula is C11H13BrO2. The van der Waals surface area contributed by atoms with Crippen LogP contribution in [0.3, 0.4) is 0 Å². The summed E-state index contributed by atoms with van der Waals surface area (Å²) in [6, 6.07) is 5.75. The van der Waals surface area contributed by atoms with E-state index in [1.54, 1.807) is 7.11 Å². The van der Waals surface area contributed by atoms with Gasteiger partial charge in [0.15, 0.2) is 0 Å². The molecule has 2 nitrogen and oxygen atoms in total. The summed E-state index contributed by atoms with van der Waals surface area (Å²) in [7, 11) is 1.63. The molecule has 0 bridgehead atoms. The quantitative estimate of drug-likeness (QED) is 0.902. The van der Waals surface area contributed by atoms with Crippen LogP contribution in [-0.2, 0) is 0 Å². The van der Waals surface area contributed by atoms with Crippen molar-refractivity contribution in [2.75, 3.05) is 7.11 Å². The lowest BCUT2D eigenvalue weighted by Gasteiger charge is -2.11. The Morgan fingerprint density at radius 2 is 2.21 bits per heavy atom. The highest BCUT2D eigenvalue weighted by atomic mass is 79.9. The zero-order chi connectivity index (χ0) is 10.1. The standard InChI is InChI=1S/C11H13BrO2/c1-14-10-6-8(4-5-9(10)12)11(13)7-2-3-7/h4-7,11,13H,2-3H2,1H3. The fourth-order valence-electron chi connectivity index (χ4n) is 1.54. The van der Waals surface area contributed by atoms with E-state index in [0.717, 1.165) is 28.6 Å². The Morgan fingerprint density at radius 1 is 1.50 bits per heavy atom. The molecule has 0 aromatic heterocycles. The molecular weight excluding hydrogens is 244 g/mol. The predicted molar refractivity (Wildman–Crippen MR) is 58.4 cm³/mol. The molecule has 0 spiro atoms. The number of aliphatic hydroxyl groups is 1. The van der Waals surface area contributed by atoms with Gasteiger partial charge < -0.3 is 9.84 Å². The van der Waals surface area contributed by atoms with E-state index in [1.165, 1.54) is 0 Å². The van der Waals surface area contributed by atoms with E-state index in [9.17, 15) is 5.11 Å². The highest BCUT2D eigenvalue weighted by Gasteiger charge is 2.30. The van der Waals surface area contributed by atoms with Crippen LogP contribution in [0.4, 0.5) is 0 Å². The number of rotatable bonds is 3. The van der Waals surface area contributed by atoms with Gasteiger partial charge in [-0.25, -0.2) is 0 Å². The zero-order valence-electron chi connectivity index (χ0n) is 8.03. The SMILES string of the molecule is COc1cc(C(O)C2CC2)ccc1Br. The summed E-state index contributed by atoms with van der Waals surface area (Å²) in [6.07, 6.45) is 1.95. The van der Waals surface area contributed by atoms with Crippen LogP contribution in [-0.4, -0.2) is 12.2 Å². The Bertz CT molecular complexity index is 334. The van der Waals surface area contributed by atoms with Crippen LogP contribution in [0, 0.1) is 5.92 Å². The zero-order valence-corrected chi connectivity index (χ0v) is 9.62. The molecule has 1 unspecified atom stereocenters. The molecule has 0 saturated heterocycles. The van der Waals surface area contributed by atoms with Crippen LogP contribution in [0.2, 0.25) is 0 Å². The molecule has 2 rings (SSSR count). The van der Waals surface area contributed by atoms with Crippen LogP contribution >= 0.6 is 15.9 Å². The van der Waals surface area contributed by atoms with Gasteiger partial charge in [0.25, 0.3) is 0 Å². The van der Waals surface area contributed by atoms with Gasteiger partial charge in [0.05, 0.1) is 17.7 Å². The van der Waals surface area contributed by atoms with Crippen molar-refractivity contribution in [3.05, 3.63) is 28.2 Å². The molecule has 76 valence electrons. The highest BCUT2D eigenvalue weighted by Crippen LogP contribution is 2.42. The van der Waals surface area contributed by atoms with E-state index < -0.39 is 0 Å². The number of methoxy groups -OCH3 is 1. The lowest BCUT2D eigenvalue weighted by Crippen LogP contribution is -1.99. The average molecular weight is 257 g/mol. The Labute approximate surface area is 92.0 Å². The van der Waals surface area contributed by atoms with E-state index >= 15 is 0 Å². The second kappa shape index (κ2) is 3.91. The molecule has 0 aliphatic heterocycles. The molecule has 3 heteroatoms. The van der Waals surface area contributed by atoms with Crippen molar-refractivity contribution < 1.29 is 9.84 Å². The summed E-state index contributed by atoms with van der Waals surface area (Å²) in [6.45, 7) is 0. The van der Waals surface area contributed by atoms with Crippen LogP contribution in [0.25, 0.3) is 0 Å². The Hall–Kier alpha value is -0.540. The fraction of sp³-hybridized carbons (Fsp3) is 0.455. The largest absolute Gasteiger partial charge is 0.496 e. The summed E-state index contributed by atoms with van der Waals surface area (Å²) in [4.78, 5) is 0. The van der Waals surface area contributed by atoms with Gasteiger partial charge in [-0.2, -0.15) is 0 Å². The summed E-state index contributed by atoms with van der Waals surface area (Å²) in [5, 5.41) is 9.90. The molecule has 0 amide bonds. The predicted octanol–water partition coefficient (Wildman–Crippen LogP) is 2.90. The normalized spacial score (nSPS) is 17.9. The van der Waals surface area contributed by atoms with E-state index in [4.69, 9.17) is 4.74 Å². The summed E-state index contributed by atoms with van der Waals surface area (Å²) in [5.41, 5.74) is 0.951. The molecule has 1 aromatic carbocycles. The highest BCUT2D eigenvalue weighted by molar-refractivity contribution is 9.10. The molecule has 1 atom stereocenters. The van der Waals surface area contributed by atoms with E-state index in [1.807, 2.05) is 18.2 Å². The first-order valence-corrected chi connectivity index (χ1v) is 5.53. The van der Waals surface area contributed by atoms with Gasteiger partial charge in [0.2, 0.25) is 0 Å². The van der Waals surface area contributed by atoms with Crippen LogP contribution in [0.5, 0.6) is 5.75 Å². The summed E-state index contributed by atoms with van der Waals surface area (Å²) < 4.78 is 6.10. The molecule has 0 heterocycles. The Kier molecular flexibility index (Phi) is 2.79. The number of benzene rings is 1. The minimum atomic E-state index is -0.322. The molecule has 1 fully saturated rings. The maximum atomic E-state index is 9.90. The van der Waals surface area contributed by atoms with E-state index in [2.05, 4.69) is 15.9 Å². The lowest BCUT2D eigenvalue weighted by atomic mass is 10.1. The third-order valence-electron chi connectivity index (χ3n) is 2.59. The van der Waals surface area contributed by atoms with Gasteiger partial charge >= 0.3 is 0 Å². The first kappa shape index (κ1) is 9.99. The average Bonchev–Trinajstić information content (AvgIpc) is 3.01. The third kappa shape index (κ3) is 1.93. The van der Waals surface area contributed by atoms with Gasteiger partial charge in [-0.05, 0) is 52.4 Å². The van der Waals surface area contributed by atoms with E-state index in [-0.39, 0.29) is 6.10 Å². The second-order valence-electron chi connectivity index (χ2n) is 3.68. The smallest absolute Gasteiger partial charge is 0.133 e. The van der Waals surface area contributed by atoms with Gasteiger partial charge in [-0.1, -0.05) is 6.07 Å². The van der Waals surface area contributed by atoms with Crippen molar-refractivity contribution in [3.63, 3.8) is 0 Å². The van der Waals surface area contributed by atoms with Crippen molar-refractivity contribution in [1.82, 2.24) is 0 Å². The third-order valence-corrected chi connectivity index (χ3v) is 3.24. The van der Waals surface area contributed by atoms with Crippen LogP contribution in [0.15, 0.2) is 22.7 Å². The maximum absolute atomic E-state index is 9.90. The first-order valence-electron chi connectivity index (χ1n) is 4.74. The first-order chi connectivity index (χ1) is 6.72. The van der Waals surface area contributed by atoms with Crippen molar-refractivity contribution >= 4 is 15.9 Å². The number of hydrogen-bond acceptors (Lipinski definition) is 2. The molecule has 1 saturated carbocycles. The van der Waals surface area contributed by atoms with Gasteiger partial charge in [-0.3, -0.25) is 0 Å². The Balaban J connectivity index is 2.25. The minimum Gasteiger partial charge on any atom is -0.496 e. The van der Waals surface area contributed by atoms with Gasteiger partial charge in [-0.15, -0.1) is 0 Å². The molecule has 1 N–H and O–H groups in total. The Morgan fingerprint density at radius 3 is 2.79 bits per heavy atom. The van der Waals surface area contributed by atoms with E-state index in [0.29, 0.717) is 5.92 Å². The second-order valence-corrected chi connectivity index (χ2v) is 4.53. The monoisotopic (exact) mass is 256 g/mol. The number of halogens is 1. The van der Waals surface area contributed by atoms with Crippen molar-refractivity contribution in [2.45, 2.75) is 18.9 Å². The number of aliphatic hydroxyl groups excluding tert-OH is 1. The molecule has 1 aliphatic rings. The molecule has 0 radical (unpaired) electrons. The molecule has 14 heavy (non-hydrogen) atoms. The fourth-order valence-corrected chi connectivity index (χ4v) is 1.95. The number of hydrogen-bond donors (Lipinski definition) is 1. The topological polar surface area (TPSA) is 29.5 Å². The summed E-state index contributed by atoms with van der Waals surface area (Å²) in [5.74, 6) is 1.24.